The van der Waals surface area contributed by atoms with Gasteiger partial charge in [-0.05, 0) is 48.5 Å². The van der Waals surface area contributed by atoms with Gasteiger partial charge in [0.15, 0.2) is 0 Å². The molecule has 3 rings (SSSR count). The molecule has 0 atom stereocenters. The monoisotopic (exact) mass is 464 g/mol. The summed E-state index contributed by atoms with van der Waals surface area (Å²) < 4.78 is 21.2. The molecule has 8 heteroatoms. The number of nitrogens with one attached hydrogen (secondary N) is 2. The van der Waals surface area contributed by atoms with Crippen LogP contribution in [-0.4, -0.2) is 52.5 Å². The lowest BCUT2D eigenvalue weighted by atomic mass is 10.1. The number of anilines is 2. The first-order valence-corrected chi connectivity index (χ1v) is 10.8. The first-order valence-electron chi connectivity index (χ1n) is 10.8. The third kappa shape index (κ3) is 7.06. The van der Waals surface area contributed by atoms with E-state index in [-0.39, 0.29) is 11.8 Å². The molecule has 178 valence electrons. The van der Waals surface area contributed by atoms with Crippen molar-refractivity contribution in [3.05, 3.63) is 83.9 Å². The van der Waals surface area contributed by atoms with Crippen molar-refractivity contribution in [2.45, 2.75) is 0 Å². The van der Waals surface area contributed by atoms with E-state index in [1.54, 1.807) is 87.0 Å². The van der Waals surface area contributed by atoms with Crippen molar-refractivity contribution in [1.82, 2.24) is 0 Å². The number of methoxy groups -OCH3 is 2. The standard InChI is InChI=1S/C26H28N2O6/c1-31-15-17-33-23-9-5-3-7-21(23)25(29)27-19-11-13-20(14-12-19)28-26(30)22-8-4-6-10-24(22)34-18-16-32-2/h3-14H,15-18H2,1-2H3,(H,27,29)(H,28,30). The van der Waals surface area contributed by atoms with E-state index in [2.05, 4.69) is 10.6 Å². The van der Waals surface area contributed by atoms with Crippen LogP contribution in [0.5, 0.6) is 11.5 Å². The summed E-state index contributed by atoms with van der Waals surface area (Å²) in [7, 11) is 3.17. The fourth-order valence-corrected chi connectivity index (χ4v) is 3.06. The van der Waals surface area contributed by atoms with Gasteiger partial charge in [-0.15, -0.1) is 0 Å². The molecule has 0 fully saturated rings. The fourth-order valence-electron chi connectivity index (χ4n) is 3.06. The summed E-state index contributed by atoms with van der Waals surface area (Å²) in [6.07, 6.45) is 0. The molecule has 0 spiro atoms. The highest BCUT2D eigenvalue weighted by molar-refractivity contribution is 6.07. The van der Waals surface area contributed by atoms with Crippen LogP contribution in [0.3, 0.4) is 0 Å². The van der Waals surface area contributed by atoms with E-state index in [9.17, 15) is 9.59 Å². The van der Waals surface area contributed by atoms with Crippen LogP contribution in [0.25, 0.3) is 0 Å². The molecular weight excluding hydrogens is 436 g/mol. The Morgan fingerprint density at radius 1 is 0.588 bits per heavy atom. The zero-order valence-corrected chi connectivity index (χ0v) is 19.2. The van der Waals surface area contributed by atoms with Crippen molar-refractivity contribution >= 4 is 23.2 Å². The Balaban J connectivity index is 1.62. The highest BCUT2D eigenvalue weighted by Gasteiger charge is 2.14. The van der Waals surface area contributed by atoms with Crippen molar-refractivity contribution in [2.24, 2.45) is 0 Å². The molecule has 3 aromatic carbocycles. The van der Waals surface area contributed by atoms with Gasteiger partial charge in [-0.2, -0.15) is 0 Å². The minimum atomic E-state index is -0.299. The van der Waals surface area contributed by atoms with Gasteiger partial charge in [0.1, 0.15) is 24.7 Å². The summed E-state index contributed by atoms with van der Waals surface area (Å²) in [5.41, 5.74) is 2.00. The van der Waals surface area contributed by atoms with Gasteiger partial charge in [0.2, 0.25) is 0 Å². The summed E-state index contributed by atoms with van der Waals surface area (Å²) in [5.74, 6) is 0.360. The first kappa shape index (κ1) is 24.8. The zero-order chi connectivity index (χ0) is 24.2. The number of hydrogen-bond acceptors (Lipinski definition) is 6. The molecule has 0 heterocycles. The van der Waals surface area contributed by atoms with Crippen LogP contribution in [0.1, 0.15) is 20.7 Å². The van der Waals surface area contributed by atoms with Crippen molar-refractivity contribution in [1.29, 1.82) is 0 Å². The van der Waals surface area contributed by atoms with E-state index in [1.807, 2.05) is 0 Å². The summed E-state index contributed by atoms with van der Waals surface area (Å²) in [5, 5.41) is 5.69. The van der Waals surface area contributed by atoms with Gasteiger partial charge < -0.3 is 29.6 Å². The van der Waals surface area contributed by atoms with Crippen LogP contribution in [0.15, 0.2) is 72.8 Å². The minimum absolute atomic E-state index is 0.299. The van der Waals surface area contributed by atoms with E-state index in [4.69, 9.17) is 18.9 Å². The topological polar surface area (TPSA) is 95.1 Å². The number of hydrogen-bond donors (Lipinski definition) is 2. The molecule has 0 radical (unpaired) electrons. The van der Waals surface area contributed by atoms with Gasteiger partial charge in [-0.25, -0.2) is 0 Å². The van der Waals surface area contributed by atoms with Crippen molar-refractivity contribution in [3.63, 3.8) is 0 Å². The van der Waals surface area contributed by atoms with Gasteiger partial charge in [-0.3, -0.25) is 9.59 Å². The summed E-state index contributed by atoms with van der Waals surface area (Å²) in [6.45, 7) is 1.53. The van der Waals surface area contributed by atoms with Gasteiger partial charge in [0.25, 0.3) is 11.8 Å². The number of amides is 2. The summed E-state index contributed by atoms with van der Waals surface area (Å²) in [4.78, 5) is 25.5. The highest BCUT2D eigenvalue weighted by Crippen LogP contribution is 2.22. The molecule has 2 N–H and O–H groups in total. The third-order valence-electron chi connectivity index (χ3n) is 4.75. The molecule has 0 saturated heterocycles. The number of rotatable bonds is 12. The smallest absolute Gasteiger partial charge is 0.259 e. The maximum atomic E-state index is 12.7. The van der Waals surface area contributed by atoms with Crippen LogP contribution < -0.4 is 20.1 Å². The van der Waals surface area contributed by atoms with Gasteiger partial charge in [0, 0.05) is 25.6 Å². The molecule has 0 bridgehead atoms. The molecule has 0 aliphatic carbocycles. The lowest BCUT2D eigenvalue weighted by molar-refractivity contribution is 0.101. The molecular formula is C26H28N2O6. The Kier molecular flexibility index (Phi) is 9.45. The van der Waals surface area contributed by atoms with Crippen molar-refractivity contribution < 1.29 is 28.5 Å². The fraction of sp³-hybridized carbons (Fsp3) is 0.231. The van der Waals surface area contributed by atoms with Crippen LogP contribution in [0.2, 0.25) is 0 Å². The molecule has 0 aliphatic rings. The van der Waals surface area contributed by atoms with Gasteiger partial charge >= 0.3 is 0 Å². The maximum Gasteiger partial charge on any atom is 0.259 e. The summed E-state index contributed by atoms with van der Waals surface area (Å²) in [6, 6.07) is 20.9. The van der Waals surface area contributed by atoms with Crippen LogP contribution in [0.4, 0.5) is 11.4 Å². The first-order chi connectivity index (χ1) is 16.6. The number of benzene rings is 3. The average Bonchev–Trinajstić information content (AvgIpc) is 2.86. The lowest BCUT2D eigenvalue weighted by Gasteiger charge is -2.13. The lowest BCUT2D eigenvalue weighted by Crippen LogP contribution is -2.16. The number of para-hydroxylation sites is 2. The second kappa shape index (κ2) is 13.0. The SMILES string of the molecule is COCCOc1ccccc1C(=O)Nc1ccc(NC(=O)c2ccccc2OCCOC)cc1. The largest absolute Gasteiger partial charge is 0.490 e. The normalized spacial score (nSPS) is 10.4. The molecule has 34 heavy (non-hydrogen) atoms. The number of carbonyl (C=O) groups excluding carboxylic acids is 2. The Morgan fingerprint density at radius 3 is 1.35 bits per heavy atom. The predicted molar refractivity (Wildman–Crippen MR) is 130 cm³/mol. The third-order valence-corrected chi connectivity index (χ3v) is 4.75. The minimum Gasteiger partial charge on any atom is -0.490 e. The van der Waals surface area contributed by atoms with Crippen molar-refractivity contribution in [3.8, 4) is 11.5 Å². The second-order valence-electron chi connectivity index (χ2n) is 7.16. The quantitative estimate of drug-likeness (QED) is 0.389. The Bertz CT molecular complexity index is 998. The molecule has 3 aromatic rings. The molecule has 8 nitrogen and oxygen atoms in total. The molecule has 0 aromatic heterocycles. The van der Waals surface area contributed by atoms with E-state index in [0.29, 0.717) is 60.4 Å². The molecule has 0 unspecified atom stereocenters. The highest BCUT2D eigenvalue weighted by atomic mass is 16.5. The van der Waals surface area contributed by atoms with E-state index in [1.165, 1.54) is 0 Å². The number of carbonyl (C=O) groups is 2. The average molecular weight is 465 g/mol. The Hall–Kier alpha value is -3.88. The maximum absolute atomic E-state index is 12.7. The summed E-state index contributed by atoms with van der Waals surface area (Å²) >= 11 is 0. The Morgan fingerprint density at radius 2 is 0.971 bits per heavy atom. The number of ether oxygens (including phenoxy) is 4. The second-order valence-corrected chi connectivity index (χ2v) is 7.16. The van der Waals surface area contributed by atoms with Gasteiger partial charge in [0.05, 0.1) is 24.3 Å². The van der Waals surface area contributed by atoms with Gasteiger partial charge in [-0.1, -0.05) is 24.3 Å². The Labute approximate surface area is 198 Å². The van der Waals surface area contributed by atoms with Crippen LogP contribution >= 0.6 is 0 Å². The molecule has 2 amide bonds. The van der Waals surface area contributed by atoms with Crippen LogP contribution in [0, 0.1) is 0 Å². The van der Waals surface area contributed by atoms with Crippen molar-refractivity contribution in [2.75, 3.05) is 51.3 Å². The molecule has 0 saturated carbocycles. The van der Waals surface area contributed by atoms with E-state index in [0.717, 1.165) is 0 Å². The predicted octanol–water partition coefficient (Wildman–Crippen LogP) is 4.24. The van der Waals surface area contributed by atoms with Crippen LogP contribution in [-0.2, 0) is 9.47 Å². The van der Waals surface area contributed by atoms with E-state index >= 15 is 0 Å². The zero-order valence-electron chi connectivity index (χ0n) is 19.2. The molecule has 0 aliphatic heterocycles. The van der Waals surface area contributed by atoms with E-state index < -0.39 is 0 Å².